The molecule has 3 amide bonds. The predicted octanol–water partition coefficient (Wildman–Crippen LogP) is 2.21. The highest BCUT2D eigenvalue weighted by molar-refractivity contribution is 7.90. The zero-order valence-corrected chi connectivity index (χ0v) is 19.7. The molecule has 0 aromatic heterocycles. The largest absolute Gasteiger partial charge is 0.354 e. The summed E-state index contributed by atoms with van der Waals surface area (Å²) in [6, 6.07) is 14.6. The average molecular weight is 472 g/mol. The van der Waals surface area contributed by atoms with Crippen LogP contribution >= 0.6 is 0 Å². The lowest BCUT2D eigenvalue weighted by Gasteiger charge is -2.30. The molecule has 0 saturated heterocycles. The van der Waals surface area contributed by atoms with Gasteiger partial charge in [-0.25, -0.2) is 12.7 Å². The molecule has 1 heterocycles. The summed E-state index contributed by atoms with van der Waals surface area (Å²) in [6.45, 7) is 3.67. The number of unbranched alkanes of at least 4 members (excludes halogenated alkanes) is 1. The summed E-state index contributed by atoms with van der Waals surface area (Å²) in [7, 11) is -4.12. The van der Waals surface area contributed by atoms with Crippen molar-refractivity contribution >= 4 is 27.7 Å². The Morgan fingerprint density at radius 1 is 1.06 bits per heavy atom. The number of amides is 3. The zero-order chi connectivity index (χ0) is 24.0. The van der Waals surface area contributed by atoms with Crippen molar-refractivity contribution in [3.8, 4) is 0 Å². The normalized spacial score (nSPS) is 15.1. The number of carbonyl (C=O) groups excluding carboxylic acids is 3. The molecule has 1 unspecified atom stereocenters. The van der Waals surface area contributed by atoms with Crippen molar-refractivity contribution in [2.24, 2.45) is 0 Å². The number of sulfonamides is 1. The van der Waals surface area contributed by atoms with Crippen molar-refractivity contribution in [3.05, 3.63) is 65.7 Å². The van der Waals surface area contributed by atoms with Crippen molar-refractivity contribution in [3.63, 3.8) is 0 Å². The van der Waals surface area contributed by atoms with Crippen LogP contribution in [-0.4, -0.2) is 61.0 Å². The third-order valence-corrected chi connectivity index (χ3v) is 7.46. The number of nitrogens with zero attached hydrogens (tertiary/aromatic N) is 2. The summed E-state index contributed by atoms with van der Waals surface area (Å²) in [4.78, 5) is 39.9. The molecule has 9 heteroatoms. The van der Waals surface area contributed by atoms with Crippen LogP contribution in [0.15, 0.2) is 59.5 Å². The molecule has 0 spiro atoms. The third kappa shape index (κ3) is 5.42. The van der Waals surface area contributed by atoms with Crippen LogP contribution in [0.25, 0.3) is 0 Å². The minimum Gasteiger partial charge on any atom is -0.354 e. The van der Waals surface area contributed by atoms with E-state index in [1.807, 2.05) is 37.3 Å². The number of hydrogen-bond acceptors (Lipinski definition) is 5. The Morgan fingerprint density at radius 2 is 1.73 bits per heavy atom. The Morgan fingerprint density at radius 3 is 2.39 bits per heavy atom. The van der Waals surface area contributed by atoms with E-state index in [-0.39, 0.29) is 22.9 Å². The van der Waals surface area contributed by atoms with Gasteiger partial charge >= 0.3 is 0 Å². The maximum atomic E-state index is 13.3. The fourth-order valence-electron chi connectivity index (χ4n) is 3.71. The van der Waals surface area contributed by atoms with Crippen LogP contribution in [0.3, 0.4) is 0 Å². The molecule has 1 aliphatic heterocycles. The molecule has 1 atom stereocenters. The van der Waals surface area contributed by atoms with Crippen LogP contribution < -0.4 is 5.32 Å². The zero-order valence-electron chi connectivity index (χ0n) is 18.9. The second-order valence-corrected chi connectivity index (χ2v) is 9.79. The minimum absolute atomic E-state index is 0.0477. The molecule has 1 aliphatic rings. The van der Waals surface area contributed by atoms with Gasteiger partial charge in [0.15, 0.2) is 0 Å². The topological polar surface area (TPSA) is 104 Å². The minimum atomic E-state index is -4.12. The predicted molar refractivity (Wildman–Crippen MR) is 124 cm³/mol. The van der Waals surface area contributed by atoms with Crippen LogP contribution in [0, 0.1) is 0 Å². The molecule has 0 radical (unpaired) electrons. The van der Waals surface area contributed by atoms with Gasteiger partial charge in [-0.1, -0.05) is 55.8 Å². The molecular weight excluding hydrogens is 442 g/mol. The van der Waals surface area contributed by atoms with Gasteiger partial charge in [0.05, 0.1) is 5.56 Å². The maximum absolute atomic E-state index is 13.3. The van der Waals surface area contributed by atoms with E-state index in [4.69, 9.17) is 0 Å². The van der Waals surface area contributed by atoms with Gasteiger partial charge in [0, 0.05) is 13.1 Å². The molecule has 0 bridgehead atoms. The first-order valence-electron chi connectivity index (χ1n) is 11.0. The molecule has 1 N–H and O–H groups in total. The van der Waals surface area contributed by atoms with E-state index in [9.17, 15) is 22.8 Å². The molecule has 176 valence electrons. The van der Waals surface area contributed by atoms with Crippen LogP contribution in [0.5, 0.6) is 0 Å². The van der Waals surface area contributed by atoms with Crippen LogP contribution in [0.4, 0.5) is 0 Å². The summed E-state index contributed by atoms with van der Waals surface area (Å²) >= 11 is 0. The van der Waals surface area contributed by atoms with E-state index in [1.54, 1.807) is 13.0 Å². The van der Waals surface area contributed by atoms with Gasteiger partial charge in [0.25, 0.3) is 15.9 Å². The first kappa shape index (κ1) is 24.4. The fourth-order valence-corrected chi connectivity index (χ4v) is 5.23. The lowest BCUT2D eigenvalue weighted by molar-refractivity contribution is -0.139. The Kier molecular flexibility index (Phi) is 7.86. The van der Waals surface area contributed by atoms with Crippen LogP contribution in [0.1, 0.15) is 42.6 Å². The summed E-state index contributed by atoms with van der Waals surface area (Å²) in [5.41, 5.74) is 1.03. The highest BCUT2D eigenvalue weighted by atomic mass is 32.2. The first-order valence-corrected chi connectivity index (χ1v) is 12.5. The number of carbonyl (C=O) groups is 3. The lowest BCUT2D eigenvalue weighted by atomic mass is 10.1. The number of nitrogens with one attached hydrogen (secondary N) is 1. The van der Waals surface area contributed by atoms with Gasteiger partial charge in [0.1, 0.15) is 17.5 Å². The van der Waals surface area contributed by atoms with Crippen molar-refractivity contribution in [1.29, 1.82) is 0 Å². The van der Waals surface area contributed by atoms with Gasteiger partial charge < -0.3 is 10.2 Å². The van der Waals surface area contributed by atoms with E-state index in [2.05, 4.69) is 5.32 Å². The van der Waals surface area contributed by atoms with E-state index < -0.39 is 34.4 Å². The monoisotopic (exact) mass is 471 g/mol. The standard InChI is InChI=1S/C24H29N3O5S/c1-3-4-15-25-23(29)18(2)26(16-14-19-10-6-5-7-11-19)22(28)17-27-24(30)20-12-8-9-13-21(20)33(27,31)32/h5-13,18H,3-4,14-17H2,1-2H3,(H,25,29). The van der Waals surface area contributed by atoms with Gasteiger partial charge in [-0.05, 0) is 37.5 Å². The number of benzene rings is 2. The van der Waals surface area contributed by atoms with E-state index in [1.165, 1.54) is 23.1 Å². The van der Waals surface area contributed by atoms with Crippen molar-refractivity contribution in [2.45, 2.75) is 44.0 Å². The van der Waals surface area contributed by atoms with E-state index >= 15 is 0 Å². The van der Waals surface area contributed by atoms with Crippen molar-refractivity contribution in [1.82, 2.24) is 14.5 Å². The molecule has 3 rings (SSSR count). The summed E-state index contributed by atoms with van der Waals surface area (Å²) in [5.74, 6) is -1.65. The molecule has 0 saturated carbocycles. The Hall–Kier alpha value is -3.20. The second kappa shape index (κ2) is 10.6. The van der Waals surface area contributed by atoms with Gasteiger partial charge in [0.2, 0.25) is 11.8 Å². The first-order chi connectivity index (χ1) is 15.8. The van der Waals surface area contributed by atoms with E-state index in [0.29, 0.717) is 17.3 Å². The average Bonchev–Trinajstić information content (AvgIpc) is 3.00. The number of fused-ring (bicyclic) bond motifs is 1. The molecule has 2 aromatic rings. The molecule has 8 nitrogen and oxygen atoms in total. The Bertz CT molecular complexity index is 1120. The molecular formula is C24H29N3O5S. The van der Waals surface area contributed by atoms with Gasteiger partial charge in [-0.15, -0.1) is 0 Å². The quantitative estimate of drug-likeness (QED) is 0.535. The van der Waals surface area contributed by atoms with Gasteiger partial charge in [-0.2, -0.15) is 0 Å². The fraction of sp³-hybridized carbons (Fsp3) is 0.375. The van der Waals surface area contributed by atoms with E-state index in [0.717, 1.165) is 18.4 Å². The Labute approximate surface area is 194 Å². The van der Waals surface area contributed by atoms with Gasteiger partial charge in [-0.3, -0.25) is 14.4 Å². The second-order valence-electron chi connectivity index (χ2n) is 7.96. The molecule has 0 fully saturated rings. The number of rotatable bonds is 10. The van der Waals surface area contributed by atoms with Crippen molar-refractivity contribution in [2.75, 3.05) is 19.6 Å². The summed E-state index contributed by atoms with van der Waals surface area (Å²) in [5, 5.41) is 2.82. The summed E-state index contributed by atoms with van der Waals surface area (Å²) in [6.07, 6.45) is 2.22. The van der Waals surface area contributed by atoms with Crippen LogP contribution in [-0.2, 0) is 26.0 Å². The molecule has 2 aromatic carbocycles. The third-order valence-electron chi connectivity index (χ3n) is 5.67. The number of hydrogen-bond donors (Lipinski definition) is 1. The SMILES string of the molecule is CCCCNC(=O)C(C)N(CCc1ccccc1)C(=O)CN1C(=O)c2ccccc2S1(=O)=O. The smallest absolute Gasteiger partial charge is 0.269 e. The summed E-state index contributed by atoms with van der Waals surface area (Å²) < 4.78 is 26.3. The molecule has 33 heavy (non-hydrogen) atoms. The van der Waals surface area contributed by atoms with Crippen molar-refractivity contribution < 1.29 is 22.8 Å². The lowest BCUT2D eigenvalue weighted by Crippen LogP contribution is -2.52. The van der Waals surface area contributed by atoms with Crippen LogP contribution in [0.2, 0.25) is 0 Å². The maximum Gasteiger partial charge on any atom is 0.269 e. The molecule has 0 aliphatic carbocycles. The Balaban J connectivity index is 1.79. The highest BCUT2D eigenvalue weighted by Crippen LogP contribution is 2.29. The highest BCUT2D eigenvalue weighted by Gasteiger charge is 2.43.